The third kappa shape index (κ3) is 4.04. The highest BCUT2D eigenvalue weighted by Gasteiger charge is 2.30. The SMILES string of the molecule is Cc1cc(N2CCN(S(=O)(=O)c3ccc4c(c3)CCC(=O)N4)CC2)nc(C(C)C)n1. The summed E-state index contributed by atoms with van der Waals surface area (Å²) in [6.45, 7) is 8.03. The monoisotopic (exact) mass is 429 g/mol. The van der Waals surface area contributed by atoms with Crippen LogP contribution < -0.4 is 10.2 Å². The van der Waals surface area contributed by atoms with Crippen molar-refractivity contribution in [2.45, 2.75) is 44.4 Å². The Labute approximate surface area is 177 Å². The highest BCUT2D eigenvalue weighted by atomic mass is 32.2. The molecule has 2 aliphatic rings. The van der Waals surface area contributed by atoms with Gasteiger partial charge in [0.15, 0.2) is 0 Å². The normalized spacial score (nSPS) is 17.7. The molecule has 0 aliphatic carbocycles. The van der Waals surface area contributed by atoms with Crippen LogP contribution >= 0.6 is 0 Å². The van der Waals surface area contributed by atoms with Crippen molar-refractivity contribution in [2.24, 2.45) is 0 Å². The topological polar surface area (TPSA) is 95.5 Å². The molecule has 9 heteroatoms. The van der Waals surface area contributed by atoms with Crippen LogP contribution in [0, 0.1) is 6.92 Å². The maximum Gasteiger partial charge on any atom is 0.243 e. The first-order valence-electron chi connectivity index (χ1n) is 10.3. The van der Waals surface area contributed by atoms with Crippen molar-refractivity contribution in [3.05, 3.63) is 41.3 Å². The molecule has 2 aromatic rings. The predicted octanol–water partition coefficient (Wildman–Crippen LogP) is 2.30. The minimum atomic E-state index is -3.58. The molecule has 160 valence electrons. The molecule has 1 N–H and O–H groups in total. The van der Waals surface area contributed by atoms with E-state index in [0.29, 0.717) is 44.7 Å². The fraction of sp³-hybridized carbons (Fsp3) is 0.476. The summed E-state index contributed by atoms with van der Waals surface area (Å²) in [6, 6.07) is 6.91. The van der Waals surface area contributed by atoms with Gasteiger partial charge in [-0.15, -0.1) is 0 Å². The molecule has 0 unspecified atom stereocenters. The second-order valence-corrected chi connectivity index (χ2v) is 10.1. The molecule has 0 radical (unpaired) electrons. The zero-order chi connectivity index (χ0) is 21.5. The third-order valence-electron chi connectivity index (χ3n) is 5.55. The number of sulfonamides is 1. The summed E-state index contributed by atoms with van der Waals surface area (Å²) in [4.78, 5) is 23.1. The molecule has 0 bridgehead atoms. The summed E-state index contributed by atoms with van der Waals surface area (Å²) in [6.07, 6.45) is 0.940. The number of hydrogen-bond donors (Lipinski definition) is 1. The van der Waals surface area contributed by atoms with Crippen molar-refractivity contribution >= 4 is 27.4 Å². The quantitative estimate of drug-likeness (QED) is 0.801. The Morgan fingerprint density at radius 1 is 1.03 bits per heavy atom. The van der Waals surface area contributed by atoms with E-state index >= 15 is 0 Å². The summed E-state index contributed by atoms with van der Waals surface area (Å²) in [7, 11) is -3.58. The van der Waals surface area contributed by atoms with Gasteiger partial charge in [-0.05, 0) is 37.1 Å². The van der Waals surface area contributed by atoms with Crippen LogP contribution in [-0.4, -0.2) is 54.8 Å². The molecule has 0 spiro atoms. The summed E-state index contributed by atoms with van der Waals surface area (Å²) >= 11 is 0. The Bertz CT molecular complexity index is 1080. The average Bonchev–Trinajstić information content (AvgIpc) is 2.73. The summed E-state index contributed by atoms with van der Waals surface area (Å²) in [5.74, 6) is 1.86. The number of piperazine rings is 1. The first-order valence-corrected chi connectivity index (χ1v) is 11.7. The van der Waals surface area contributed by atoms with Gasteiger partial charge in [0.25, 0.3) is 0 Å². The van der Waals surface area contributed by atoms with Crippen molar-refractivity contribution in [1.29, 1.82) is 0 Å². The smallest absolute Gasteiger partial charge is 0.243 e. The van der Waals surface area contributed by atoms with Gasteiger partial charge in [0, 0.05) is 56.0 Å². The summed E-state index contributed by atoms with van der Waals surface area (Å²) in [5.41, 5.74) is 2.49. The molecule has 3 heterocycles. The van der Waals surface area contributed by atoms with Gasteiger partial charge < -0.3 is 10.2 Å². The predicted molar refractivity (Wildman–Crippen MR) is 115 cm³/mol. The number of benzene rings is 1. The molecule has 0 atom stereocenters. The van der Waals surface area contributed by atoms with E-state index in [4.69, 9.17) is 0 Å². The van der Waals surface area contributed by atoms with E-state index in [1.165, 1.54) is 4.31 Å². The third-order valence-corrected chi connectivity index (χ3v) is 7.44. The number of amides is 1. The number of nitrogens with one attached hydrogen (secondary N) is 1. The largest absolute Gasteiger partial charge is 0.354 e. The highest BCUT2D eigenvalue weighted by molar-refractivity contribution is 7.89. The summed E-state index contributed by atoms with van der Waals surface area (Å²) in [5, 5.41) is 2.79. The fourth-order valence-electron chi connectivity index (χ4n) is 3.82. The maximum atomic E-state index is 13.2. The van der Waals surface area contributed by atoms with Gasteiger partial charge >= 0.3 is 0 Å². The number of nitrogens with zero attached hydrogens (tertiary/aromatic N) is 4. The van der Waals surface area contributed by atoms with Crippen LogP contribution in [-0.2, 0) is 21.2 Å². The number of fused-ring (bicyclic) bond motifs is 1. The minimum absolute atomic E-state index is 0.0326. The van der Waals surface area contributed by atoms with Crippen LogP contribution in [0.4, 0.5) is 11.5 Å². The van der Waals surface area contributed by atoms with Crippen molar-refractivity contribution < 1.29 is 13.2 Å². The molecule has 1 aromatic heterocycles. The number of carbonyl (C=O) groups is 1. The van der Waals surface area contributed by atoms with Crippen LogP contribution in [0.2, 0.25) is 0 Å². The van der Waals surface area contributed by atoms with Crippen LogP contribution in [0.25, 0.3) is 0 Å². The van der Waals surface area contributed by atoms with Gasteiger partial charge in [0.1, 0.15) is 11.6 Å². The Morgan fingerprint density at radius 2 is 1.77 bits per heavy atom. The fourth-order valence-corrected chi connectivity index (χ4v) is 5.29. The van der Waals surface area contributed by atoms with E-state index in [2.05, 4.69) is 34.0 Å². The minimum Gasteiger partial charge on any atom is -0.354 e. The molecule has 1 aromatic carbocycles. The van der Waals surface area contributed by atoms with Crippen LogP contribution in [0.3, 0.4) is 0 Å². The first kappa shape index (κ1) is 20.7. The number of anilines is 2. The van der Waals surface area contributed by atoms with Crippen molar-refractivity contribution in [2.75, 3.05) is 36.4 Å². The van der Waals surface area contributed by atoms with E-state index < -0.39 is 10.0 Å². The van der Waals surface area contributed by atoms with E-state index in [9.17, 15) is 13.2 Å². The van der Waals surface area contributed by atoms with Gasteiger partial charge in [-0.2, -0.15) is 4.31 Å². The maximum absolute atomic E-state index is 13.2. The van der Waals surface area contributed by atoms with Gasteiger partial charge in [0.2, 0.25) is 15.9 Å². The van der Waals surface area contributed by atoms with Gasteiger partial charge in [0.05, 0.1) is 4.90 Å². The second-order valence-electron chi connectivity index (χ2n) is 8.14. The first-order chi connectivity index (χ1) is 14.2. The molecular formula is C21H27N5O3S. The van der Waals surface area contributed by atoms with Crippen molar-refractivity contribution in [3.8, 4) is 0 Å². The molecule has 1 saturated heterocycles. The van der Waals surface area contributed by atoms with Crippen molar-refractivity contribution in [3.63, 3.8) is 0 Å². The highest BCUT2D eigenvalue weighted by Crippen LogP contribution is 2.28. The van der Waals surface area contributed by atoms with Crippen LogP contribution in [0.1, 0.15) is 43.3 Å². The zero-order valence-electron chi connectivity index (χ0n) is 17.6. The van der Waals surface area contributed by atoms with Crippen molar-refractivity contribution in [1.82, 2.24) is 14.3 Å². The van der Waals surface area contributed by atoms with Crippen LogP contribution in [0.15, 0.2) is 29.2 Å². The van der Waals surface area contributed by atoms with Gasteiger partial charge in [-0.3, -0.25) is 4.79 Å². The van der Waals surface area contributed by atoms with Gasteiger partial charge in [-0.25, -0.2) is 18.4 Å². The molecule has 2 aliphatic heterocycles. The molecule has 1 amide bonds. The molecule has 8 nitrogen and oxygen atoms in total. The standard InChI is InChI=1S/C21H27N5O3S/c1-14(2)21-22-15(3)12-19(24-21)25-8-10-26(11-9-25)30(28,29)17-5-6-18-16(13-17)4-7-20(27)23-18/h5-6,12-14H,4,7-11H2,1-3H3,(H,23,27). The van der Waals surface area contributed by atoms with E-state index in [1.54, 1.807) is 18.2 Å². The lowest BCUT2D eigenvalue weighted by atomic mass is 10.0. The number of hydrogen-bond acceptors (Lipinski definition) is 6. The number of carbonyl (C=O) groups excluding carboxylic acids is 1. The lowest BCUT2D eigenvalue weighted by Gasteiger charge is -2.35. The molecule has 30 heavy (non-hydrogen) atoms. The second kappa shape index (κ2) is 7.96. The molecule has 0 saturated carbocycles. The number of rotatable bonds is 4. The lowest BCUT2D eigenvalue weighted by Crippen LogP contribution is -2.49. The zero-order valence-corrected chi connectivity index (χ0v) is 18.4. The van der Waals surface area contributed by atoms with Gasteiger partial charge in [-0.1, -0.05) is 13.8 Å². The Morgan fingerprint density at radius 3 is 2.47 bits per heavy atom. The Kier molecular flexibility index (Phi) is 5.50. The van der Waals surface area contributed by atoms with E-state index in [0.717, 1.165) is 22.9 Å². The van der Waals surface area contributed by atoms with E-state index in [1.807, 2.05) is 13.0 Å². The Balaban J connectivity index is 1.49. The Hall–Kier alpha value is -2.52. The lowest BCUT2D eigenvalue weighted by molar-refractivity contribution is -0.116. The van der Waals surface area contributed by atoms with Crippen LogP contribution in [0.5, 0.6) is 0 Å². The molecule has 4 rings (SSSR count). The average molecular weight is 430 g/mol. The number of aryl methyl sites for hydroxylation is 2. The number of aromatic nitrogens is 2. The molecular weight excluding hydrogens is 402 g/mol. The molecule has 1 fully saturated rings. The summed E-state index contributed by atoms with van der Waals surface area (Å²) < 4.78 is 27.9. The van der Waals surface area contributed by atoms with E-state index in [-0.39, 0.29) is 16.7 Å².